The van der Waals surface area contributed by atoms with Gasteiger partial charge in [-0.1, -0.05) is 0 Å². The molecule has 0 unspecified atom stereocenters. The minimum Gasteiger partial charge on any atom is -0.497 e. The van der Waals surface area contributed by atoms with Crippen molar-refractivity contribution in [1.82, 2.24) is 15.2 Å². The van der Waals surface area contributed by atoms with E-state index in [0.29, 0.717) is 18.4 Å². The Balaban J connectivity index is 1.33. The smallest absolute Gasteiger partial charge is 0.387 e. The topological polar surface area (TPSA) is 87.2 Å². The number of rotatable bonds is 8. The summed E-state index contributed by atoms with van der Waals surface area (Å²) in [5.74, 6) is -5.96. The molecule has 3 aromatic rings. The van der Waals surface area contributed by atoms with E-state index in [2.05, 4.69) is 24.8 Å². The summed E-state index contributed by atoms with van der Waals surface area (Å²) >= 11 is 0. The summed E-state index contributed by atoms with van der Waals surface area (Å²) in [6.45, 7) is -1.98. The highest BCUT2D eigenvalue weighted by molar-refractivity contribution is 6.04. The first-order valence-corrected chi connectivity index (χ1v) is 13.9. The summed E-state index contributed by atoms with van der Waals surface area (Å²) in [6, 6.07) is 8.25. The van der Waals surface area contributed by atoms with E-state index in [1.165, 1.54) is 31.4 Å². The molecule has 9 nitrogen and oxygen atoms in total. The van der Waals surface area contributed by atoms with Gasteiger partial charge in [-0.2, -0.15) is 8.78 Å². The Kier molecular flexibility index (Phi) is 7.78. The van der Waals surface area contributed by atoms with Gasteiger partial charge in [-0.15, -0.1) is 0 Å². The Bertz CT molecular complexity index is 1570. The van der Waals surface area contributed by atoms with Crippen molar-refractivity contribution < 1.29 is 41.0 Å². The maximum Gasteiger partial charge on any atom is 0.387 e. The summed E-state index contributed by atoms with van der Waals surface area (Å²) in [6.07, 6.45) is 0.926. The molecule has 232 valence electrons. The van der Waals surface area contributed by atoms with E-state index < -0.39 is 59.9 Å². The maximum atomic E-state index is 15.3. The number of halogens is 5. The number of likely N-dealkylation sites (tertiary alicyclic amines) is 1. The van der Waals surface area contributed by atoms with Crippen LogP contribution in [0.1, 0.15) is 28.3 Å². The number of methoxy groups -OCH3 is 1. The Morgan fingerprint density at radius 1 is 0.955 bits per heavy atom. The maximum absolute atomic E-state index is 15.3. The highest BCUT2D eigenvalue weighted by atomic mass is 19.3. The Labute approximate surface area is 249 Å². The molecule has 1 aromatic heterocycles. The Morgan fingerprint density at radius 2 is 1.66 bits per heavy atom. The summed E-state index contributed by atoms with van der Waals surface area (Å²) in [7, 11) is 3.27. The summed E-state index contributed by atoms with van der Waals surface area (Å²) < 4.78 is 80.2. The number of benzene rings is 2. The van der Waals surface area contributed by atoms with Crippen LogP contribution in [0.5, 0.6) is 11.5 Å². The fourth-order valence-corrected chi connectivity index (χ4v) is 6.31. The predicted octanol–water partition coefficient (Wildman–Crippen LogP) is 3.93. The van der Waals surface area contributed by atoms with Crippen molar-refractivity contribution in [3.63, 3.8) is 0 Å². The second-order valence-electron chi connectivity index (χ2n) is 11.0. The van der Waals surface area contributed by atoms with Gasteiger partial charge in [0.05, 0.1) is 7.11 Å². The number of aromatic nitrogens is 1. The molecule has 1 N–H and O–H groups in total. The van der Waals surface area contributed by atoms with E-state index >= 15 is 13.2 Å². The van der Waals surface area contributed by atoms with Crippen LogP contribution >= 0.6 is 0 Å². The van der Waals surface area contributed by atoms with Gasteiger partial charge in [0, 0.05) is 60.9 Å². The van der Waals surface area contributed by atoms with Crippen LogP contribution < -0.4 is 24.6 Å². The Morgan fingerprint density at radius 3 is 2.25 bits per heavy atom. The largest absolute Gasteiger partial charge is 0.497 e. The van der Waals surface area contributed by atoms with Crippen LogP contribution in [0.2, 0.25) is 0 Å². The second-order valence-corrected chi connectivity index (χ2v) is 11.0. The highest BCUT2D eigenvalue weighted by Crippen LogP contribution is 2.39. The molecule has 4 heterocycles. The van der Waals surface area contributed by atoms with E-state index in [4.69, 9.17) is 4.74 Å². The molecule has 2 aromatic carbocycles. The number of amides is 2. The van der Waals surface area contributed by atoms with Crippen LogP contribution in [0.3, 0.4) is 0 Å². The number of carbonyl (C=O) groups is 2. The zero-order valence-electron chi connectivity index (χ0n) is 23.6. The average molecular weight is 618 g/mol. The second kappa shape index (κ2) is 11.6. The number of ether oxygens (including phenoxy) is 2. The molecule has 3 aliphatic heterocycles. The molecule has 2 amide bonds. The van der Waals surface area contributed by atoms with Crippen molar-refractivity contribution in [2.75, 3.05) is 43.6 Å². The van der Waals surface area contributed by atoms with Gasteiger partial charge < -0.3 is 19.7 Å². The number of fused-ring (bicyclic) bond motifs is 2. The van der Waals surface area contributed by atoms with Gasteiger partial charge in [0.2, 0.25) is 0 Å². The third-order valence-corrected chi connectivity index (χ3v) is 8.48. The highest BCUT2D eigenvalue weighted by Gasteiger charge is 2.47. The van der Waals surface area contributed by atoms with Crippen molar-refractivity contribution in [2.24, 2.45) is 0 Å². The van der Waals surface area contributed by atoms with Crippen LogP contribution in [-0.2, 0) is 4.79 Å². The number of carbonyl (C=O) groups excluding carboxylic acids is 2. The van der Waals surface area contributed by atoms with E-state index in [1.807, 2.05) is 7.05 Å². The first-order chi connectivity index (χ1) is 21.0. The quantitative estimate of drug-likeness (QED) is 0.384. The lowest BCUT2D eigenvalue weighted by Crippen LogP contribution is -2.45. The lowest BCUT2D eigenvalue weighted by molar-refractivity contribution is -0.118. The van der Waals surface area contributed by atoms with Crippen LogP contribution in [0.4, 0.5) is 33.6 Å². The zero-order chi connectivity index (χ0) is 31.3. The van der Waals surface area contributed by atoms with Crippen LogP contribution in [0.25, 0.3) is 0 Å². The van der Waals surface area contributed by atoms with E-state index in [9.17, 15) is 18.4 Å². The average Bonchev–Trinajstić information content (AvgIpc) is 3.66. The molecule has 2 bridgehead atoms. The van der Waals surface area contributed by atoms with Crippen molar-refractivity contribution in [3.8, 4) is 11.5 Å². The van der Waals surface area contributed by atoms with Gasteiger partial charge in [-0.05, 0) is 49.9 Å². The van der Waals surface area contributed by atoms with Crippen molar-refractivity contribution in [3.05, 3.63) is 77.1 Å². The molecule has 14 heteroatoms. The molecule has 3 saturated heterocycles. The number of piperazine rings is 1. The number of anilines is 2. The van der Waals surface area contributed by atoms with Gasteiger partial charge in [0.1, 0.15) is 35.0 Å². The first-order valence-electron chi connectivity index (χ1n) is 13.9. The van der Waals surface area contributed by atoms with Crippen molar-refractivity contribution >= 4 is 23.5 Å². The normalized spacial score (nSPS) is 23.1. The number of hydrogen-bond donors (Lipinski definition) is 1. The summed E-state index contributed by atoms with van der Waals surface area (Å²) in [5.41, 5.74) is -0.531. The molecule has 0 saturated carbocycles. The van der Waals surface area contributed by atoms with Gasteiger partial charge in [0.25, 0.3) is 11.8 Å². The number of nitrogens with one attached hydrogen (secondary N) is 1. The van der Waals surface area contributed by atoms with Gasteiger partial charge in [-0.25, -0.2) is 18.2 Å². The third-order valence-electron chi connectivity index (χ3n) is 8.48. The zero-order valence-corrected chi connectivity index (χ0v) is 23.6. The van der Waals surface area contributed by atoms with Crippen molar-refractivity contribution in [2.45, 2.75) is 37.1 Å². The van der Waals surface area contributed by atoms with Crippen LogP contribution in [-0.4, -0.2) is 80.2 Å². The van der Waals surface area contributed by atoms with Gasteiger partial charge in [0.15, 0.2) is 11.6 Å². The minimum atomic E-state index is -3.07. The molecule has 0 spiro atoms. The number of pyridine rings is 1. The molecule has 3 aliphatic rings. The standard InChI is InChI=1S/C30H28F5N5O4/c1-38-12-17-9-16(38)13-39(17)24-8-7-21(31)27(36-24)40-14-20(25-22(32)10-19(43-2)11-23(25)33)26(29(40)42)37-28(41)15-3-5-18(6-4-15)44-30(34)35/h3-8,10-11,16-17,20,26,30H,9,12-14H2,1-2H3,(H,37,41)/t16-,17-,20+,26+/m1/s1. The molecule has 3 fully saturated rings. The predicted molar refractivity (Wildman–Crippen MR) is 149 cm³/mol. The number of alkyl halides is 2. The third kappa shape index (κ3) is 5.38. The molecule has 0 aliphatic carbocycles. The molecular formula is C30H28F5N5O4. The SMILES string of the molecule is COc1cc(F)c([C@@H]2CN(c3nc(N4C[C@H]5C[C@@H]4CN5C)ccc3F)C(=O)[C@H]2NC(=O)c2ccc(OC(F)F)cc2)c(F)c1. The number of hydrogen-bond acceptors (Lipinski definition) is 7. The molecule has 0 radical (unpaired) electrons. The lowest BCUT2D eigenvalue weighted by atomic mass is 9.92. The number of nitrogens with zero attached hydrogens (tertiary/aromatic N) is 4. The first kappa shape index (κ1) is 29.6. The monoisotopic (exact) mass is 617 g/mol. The van der Waals surface area contributed by atoms with E-state index in [-0.39, 0.29) is 28.9 Å². The van der Waals surface area contributed by atoms with E-state index in [1.54, 1.807) is 0 Å². The minimum absolute atomic E-state index is 0.0346. The molecule has 4 atom stereocenters. The molecule has 44 heavy (non-hydrogen) atoms. The molecule has 6 rings (SSSR count). The summed E-state index contributed by atoms with van der Waals surface area (Å²) in [4.78, 5) is 36.8. The van der Waals surface area contributed by atoms with Crippen molar-refractivity contribution in [1.29, 1.82) is 0 Å². The van der Waals surface area contributed by atoms with Gasteiger partial charge >= 0.3 is 6.61 Å². The number of likely N-dealkylation sites (N-methyl/N-ethyl adjacent to an activating group) is 1. The lowest BCUT2D eigenvalue weighted by Gasteiger charge is -2.33. The van der Waals surface area contributed by atoms with Crippen LogP contribution in [0, 0.1) is 17.5 Å². The van der Waals surface area contributed by atoms with E-state index in [0.717, 1.165) is 42.1 Å². The van der Waals surface area contributed by atoms with Gasteiger partial charge in [-0.3, -0.25) is 19.4 Å². The summed E-state index contributed by atoms with van der Waals surface area (Å²) in [5, 5.41) is 2.50. The fourth-order valence-electron chi connectivity index (χ4n) is 6.31. The fraction of sp³-hybridized carbons (Fsp3) is 0.367. The molecular weight excluding hydrogens is 589 g/mol. The Hall–Kier alpha value is -4.46. The van der Waals surface area contributed by atoms with Crippen LogP contribution in [0.15, 0.2) is 48.5 Å².